The summed E-state index contributed by atoms with van der Waals surface area (Å²) in [5.41, 5.74) is 7.04. The Kier molecular flexibility index (Phi) is 4.64. The van der Waals surface area contributed by atoms with Gasteiger partial charge in [-0.15, -0.1) is 0 Å². The number of para-hydroxylation sites is 1. The van der Waals surface area contributed by atoms with Crippen LogP contribution in [-0.2, 0) is 12.4 Å². The van der Waals surface area contributed by atoms with Gasteiger partial charge >= 0.3 is 6.98 Å². The molecule has 7 heteroatoms. The van der Waals surface area contributed by atoms with Crippen molar-refractivity contribution in [2.75, 3.05) is 0 Å². The summed E-state index contributed by atoms with van der Waals surface area (Å²) in [5, 5.41) is 5.75. The number of aryl methyl sites for hydroxylation is 1. The highest BCUT2D eigenvalue weighted by atomic mass is 16.5. The molecule has 0 aliphatic carbocycles. The zero-order valence-electron chi connectivity index (χ0n) is 26.6. The van der Waals surface area contributed by atoms with Gasteiger partial charge in [0.2, 0.25) is 0 Å². The second-order valence-corrected chi connectivity index (χ2v) is 11.9. The number of nitrogens with one attached hydrogen (secondary N) is 1. The number of hydrogen-bond acceptors (Lipinski definition) is 3. The maximum absolute atomic E-state index is 7.96. The van der Waals surface area contributed by atoms with Crippen LogP contribution in [0.1, 0.15) is 36.0 Å². The number of rotatable bonds is 3. The molecule has 2 aliphatic heterocycles. The summed E-state index contributed by atoms with van der Waals surface area (Å²) in [6.07, 6.45) is 10.5. The third-order valence-corrected chi connectivity index (χ3v) is 8.20. The minimum Gasteiger partial charge on any atom is -0.442 e. The summed E-state index contributed by atoms with van der Waals surface area (Å²) in [6.45, 7) is 3.88. The smallest absolute Gasteiger partial charge is 0.442 e. The number of aromatic nitrogens is 4. The minimum atomic E-state index is -2.35. The molecule has 204 valence electrons. The van der Waals surface area contributed by atoms with E-state index in [0.29, 0.717) is 11.6 Å². The van der Waals surface area contributed by atoms with Gasteiger partial charge in [0, 0.05) is 34.2 Å². The number of imidazole rings is 1. The van der Waals surface area contributed by atoms with Gasteiger partial charge in [0.25, 0.3) is 0 Å². The third kappa shape index (κ3) is 3.80. The number of allylic oxidation sites excluding steroid dienone is 2. The van der Waals surface area contributed by atoms with E-state index < -0.39 is 14.0 Å². The van der Waals surface area contributed by atoms with E-state index in [1.54, 1.807) is 6.20 Å². The number of benzene rings is 3. The van der Waals surface area contributed by atoms with E-state index >= 15 is 0 Å². The van der Waals surface area contributed by atoms with Crippen molar-refractivity contribution in [2.45, 2.75) is 26.2 Å². The third-order valence-electron chi connectivity index (χ3n) is 8.20. The normalized spacial score (nSPS) is 15.5. The summed E-state index contributed by atoms with van der Waals surface area (Å²) >= 11 is 0. The monoisotopic (exact) mass is 550 g/mol. The van der Waals surface area contributed by atoms with E-state index in [1.165, 1.54) is 5.56 Å². The molecule has 3 aromatic heterocycles. The first-order valence-corrected chi connectivity index (χ1v) is 14.1. The lowest BCUT2D eigenvalue weighted by Crippen LogP contribution is -2.47. The molecular weight excluding hydrogens is 517 g/mol. The quantitative estimate of drug-likeness (QED) is 0.158. The Morgan fingerprint density at radius 2 is 1.74 bits per heavy atom. The van der Waals surface area contributed by atoms with Crippen molar-refractivity contribution < 1.29 is 13.4 Å². The Balaban J connectivity index is 1.21. The predicted molar refractivity (Wildman–Crippen MR) is 168 cm³/mol. The van der Waals surface area contributed by atoms with Gasteiger partial charge in [-0.1, -0.05) is 69.3 Å². The van der Waals surface area contributed by atoms with E-state index in [-0.39, 0.29) is 5.41 Å². The molecule has 0 fully saturated rings. The molecule has 0 amide bonds. The summed E-state index contributed by atoms with van der Waals surface area (Å²) < 4.78 is 35.6. The number of fused-ring (bicyclic) bond motifs is 9. The van der Waals surface area contributed by atoms with Crippen molar-refractivity contribution >= 4 is 34.3 Å². The van der Waals surface area contributed by atoms with Gasteiger partial charge < -0.3 is 19.0 Å². The summed E-state index contributed by atoms with van der Waals surface area (Å²) in [5.74, 6) is 2.07. The standard InChI is InChI=1S/C35H30BN5O/c1-35(2,3)23-17-18-37-33(19-23)41-30-12-8-7-11-27(30)28-14-13-24(20-31(28)41)42-34-16-15-29-25-9-5-6-10-26(25)32-21-39(4)22-40(32)36(29)38-34/h5-21,38H,1-4H3/i4D3. The molecule has 0 spiro atoms. The first-order valence-electron chi connectivity index (χ1n) is 15.6. The van der Waals surface area contributed by atoms with Gasteiger partial charge in [-0.25, -0.2) is 4.98 Å². The van der Waals surface area contributed by atoms with Crippen LogP contribution in [0.3, 0.4) is 0 Å². The summed E-state index contributed by atoms with van der Waals surface area (Å²) in [4.78, 5) is 4.79. The molecule has 0 bridgehead atoms. The van der Waals surface area contributed by atoms with Crippen molar-refractivity contribution in [3.63, 3.8) is 0 Å². The van der Waals surface area contributed by atoms with Gasteiger partial charge in [0.15, 0.2) is 12.2 Å². The maximum atomic E-state index is 7.96. The lowest BCUT2D eigenvalue weighted by Gasteiger charge is -2.30. The molecule has 6 aromatic rings. The van der Waals surface area contributed by atoms with Crippen LogP contribution in [0.15, 0.2) is 109 Å². The van der Waals surface area contributed by atoms with Gasteiger partial charge in [-0.05, 0) is 64.7 Å². The van der Waals surface area contributed by atoms with Crippen LogP contribution in [-0.4, -0.2) is 21.0 Å². The van der Waals surface area contributed by atoms with E-state index in [9.17, 15) is 0 Å². The molecule has 0 saturated carbocycles. The Hall–Kier alpha value is -5.04. The molecule has 0 atom stereocenters. The average Bonchev–Trinajstić information content (AvgIpc) is 3.62. The second kappa shape index (κ2) is 8.98. The molecule has 2 aliphatic rings. The predicted octanol–water partition coefficient (Wildman–Crippen LogP) is 6.37. The molecule has 5 heterocycles. The fraction of sp³-hybridized carbons (Fsp3) is 0.143. The van der Waals surface area contributed by atoms with E-state index in [4.69, 9.17) is 13.8 Å². The van der Waals surface area contributed by atoms with Crippen LogP contribution in [0, 0.1) is 6.33 Å². The first kappa shape index (κ1) is 21.7. The lowest BCUT2D eigenvalue weighted by molar-refractivity contribution is -0.674. The van der Waals surface area contributed by atoms with Crippen molar-refractivity contribution in [3.8, 4) is 22.8 Å². The van der Waals surface area contributed by atoms with Crippen molar-refractivity contribution in [2.24, 2.45) is 6.98 Å². The Morgan fingerprint density at radius 1 is 0.929 bits per heavy atom. The van der Waals surface area contributed by atoms with Crippen LogP contribution in [0.4, 0.5) is 0 Å². The molecule has 1 N–H and O–H groups in total. The molecule has 3 aromatic carbocycles. The number of hydrogen-bond donors (Lipinski definition) is 1. The van der Waals surface area contributed by atoms with Crippen LogP contribution in [0.2, 0.25) is 0 Å². The largest absolute Gasteiger partial charge is 0.513 e. The Labute approximate surface area is 249 Å². The van der Waals surface area contributed by atoms with Gasteiger partial charge in [-0.2, -0.15) is 0 Å². The van der Waals surface area contributed by atoms with Crippen LogP contribution >= 0.6 is 0 Å². The Morgan fingerprint density at radius 3 is 2.60 bits per heavy atom. The molecule has 0 radical (unpaired) electrons. The highest BCUT2D eigenvalue weighted by Gasteiger charge is 2.38. The highest BCUT2D eigenvalue weighted by Crippen LogP contribution is 2.38. The van der Waals surface area contributed by atoms with Crippen molar-refractivity contribution in [1.82, 2.24) is 19.3 Å². The fourth-order valence-electron chi connectivity index (χ4n) is 6.15. The highest BCUT2D eigenvalue weighted by molar-refractivity contribution is 6.77. The van der Waals surface area contributed by atoms with Crippen LogP contribution in [0.5, 0.6) is 5.75 Å². The molecular formula is C35H30BN5O. The second-order valence-electron chi connectivity index (χ2n) is 11.9. The van der Waals surface area contributed by atoms with Crippen molar-refractivity contribution in [1.29, 1.82) is 0 Å². The summed E-state index contributed by atoms with van der Waals surface area (Å²) in [7, 11) is 0. The molecule has 8 rings (SSSR count). The zero-order chi connectivity index (χ0) is 31.1. The molecule has 6 nitrogen and oxygen atoms in total. The minimum absolute atomic E-state index is 0.0182. The van der Waals surface area contributed by atoms with Crippen LogP contribution < -0.4 is 14.5 Å². The molecule has 0 saturated heterocycles. The Bertz CT molecular complexity index is 2220. The van der Waals surface area contributed by atoms with Crippen molar-refractivity contribution in [3.05, 3.63) is 127 Å². The fourth-order valence-corrected chi connectivity index (χ4v) is 6.15. The first-order chi connectivity index (χ1) is 21.6. The maximum Gasteiger partial charge on any atom is 0.513 e. The lowest BCUT2D eigenvalue weighted by atomic mass is 9.59. The number of ether oxygens (including phenoxy) is 1. The van der Waals surface area contributed by atoms with Gasteiger partial charge in [-0.3, -0.25) is 4.57 Å². The SMILES string of the molecule is [2H]C([2H])([2H])[n+]1[c-]n2c(c1)-c1ccccc1C1=CC=C(Oc3ccc4c5ccccc5n(-c5cc(C(C)(C)C)ccn5)c4c3)NB12. The topological polar surface area (TPSA) is 47.9 Å². The average molecular weight is 550 g/mol. The van der Waals surface area contributed by atoms with Crippen LogP contribution in [0.25, 0.3) is 44.4 Å². The van der Waals surface area contributed by atoms with E-state index in [1.807, 2.05) is 53.2 Å². The summed E-state index contributed by atoms with van der Waals surface area (Å²) in [6, 6.07) is 26.7. The van der Waals surface area contributed by atoms with Gasteiger partial charge in [0.1, 0.15) is 11.6 Å². The van der Waals surface area contributed by atoms with Gasteiger partial charge in [0.05, 0.1) is 22.1 Å². The number of pyridine rings is 1. The number of nitrogens with zero attached hydrogens (tertiary/aromatic N) is 4. The van der Waals surface area contributed by atoms with E-state index in [2.05, 4.69) is 85.4 Å². The zero-order valence-corrected chi connectivity index (χ0v) is 23.6. The molecule has 42 heavy (non-hydrogen) atoms. The van der Waals surface area contributed by atoms with E-state index in [0.717, 1.165) is 54.5 Å². The molecule has 0 unspecified atom stereocenters.